The van der Waals surface area contributed by atoms with Crippen LogP contribution in [0.15, 0.2) is 48.5 Å². The van der Waals surface area contributed by atoms with Crippen LogP contribution in [0.1, 0.15) is 23.2 Å². The first-order valence-electron chi connectivity index (χ1n) is 8.56. The van der Waals surface area contributed by atoms with Crippen molar-refractivity contribution >= 4 is 11.8 Å². The number of hydrogen-bond donors (Lipinski definition) is 1. The predicted molar refractivity (Wildman–Crippen MR) is 92.4 cm³/mol. The largest absolute Gasteiger partial charge is 0.353 e. The first-order valence-corrected chi connectivity index (χ1v) is 8.56. The highest BCUT2D eigenvalue weighted by molar-refractivity contribution is 6.01. The number of hydrogen-bond acceptors (Lipinski definition) is 2. The molecule has 4 rings (SSSR count). The molecule has 0 unspecified atom stereocenters. The number of halogens is 1. The number of nitrogens with one attached hydrogen (secondary N) is 1. The normalized spacial score (nSPS) is 22.4. The molecule has 5 heteroatoms. The van der Waals surface area contributed by atoms with E-state index in [0.29, 0.717) is 36.2 Å². The van der Waals surface area contributed by atoms with E-state index < -0.39 is 0 Å². The van der Waals surface area contributed by atoms with E-state index in [2.05, 4.69) is 5.32 Å². The van der Waals surface area contributed by atoms with Crippen molar-refractivity contribution in [3.05, 3.63) is 59.9 Å². The molecule has 0 aromatic heterocycles. The quantitative estimate of drug-likeness (QED) is 0.915. The van der Waals surface area contributed by atoms with Gasteiger partial charge in [-0.2, -0.15) is 0 Å². The predicted octanol–water partition coefficient (Wildman–Crippen LogP) is 2.84. The van der Waals surface area contributed by atoms with Gasteiger partial charge in [0, 0.05) is 42.6 Å². The highest BCUT2D eigenvalue weighted by Crippen LogP contribution is 2.30. The molecule has 0 aliphatic carbocycles. The summed E-state index contributed by atoms with van der Waals surface area (Å²) in [4.78, 5) is 26.4. The summed E-state index contributed by atoms with van der Waals surface area (Å²) in [5.74, 6) is -0.203. The van der Waals surface area contributed by atoms with Gasteiger partial charge in [-0.3, -0.25) is 9.59 Å². The summed E-state index contributed by atoms with van der Waals surface area (Å²) in [5, 5.41) is 2.97. The first kappa shape index (κ1) is 15.8. The van der Waals surface area contributed by atoms with Crippen LogP contribution in [0.25, 0.3) is 11.1 Å². The van der Waals surface area contributed by atoms with E-state index in [4.69, 9.17) is 0 Å². The van der Waals surface area contributed by atoms with Crippen LogP contribution in [0.5, 0.6) is 0 Å². The summed E-state index contributed by atoms with van der Waals surface area (Å²) < 4.78 is 14.2. The summed E-state index contributed by atoms with van der Waals surface area (Å²) >= 11 is 0. The van der Waals surface area contributed by atoms with E-state index in [1.54, 1.807) is 41.3 Å². The molecule has 2 aromatic carbocycles. The lowest BCUT2D eigenvalue weighted by Gasteiger charge is -2.34. The monoisotopic (exact) mass is 338 g/mol. The Hall–Kier alpha value is -2.69. The third-order valence-electron chi connectivity index (χ3n) is 5.14. The molecular weight excluding hydrogens is 319 g/mol. The third-order valence-corrected chi connectivity index (χ3v) is 5.14. The second-order valence-corrected chi connectivity index (χ2v) is 6.70. The van der Waals surface area contributed by atoms with Gasteiger partial charge in [0.25, 0.3) is 5.91 Å². The molecule has 0 radical (unpaired) electrons. The second-order valence-electron chi connectivity index (χ2n) is 6.70. The van der Waals surface area contributed by atoms with Crippen LogP contribution in [0, 0.1) is 11.7 Å². The fourth-order valence-electron chi connectivity index (χ4n) is 3.87. The Balaban J connectivity index is 1.63. The standard InChI is InChI=1S/C20H19FN2O2/c21-17-8-4-3-6-15(17)14-5-1-2-7-16(14)20(25)23-10-9-18-13(12-23)11-19(24)22-18/h1-8,13,18H,9-12H2,(H,22,24)/t13-,18+/m1/s1. The van der Waals surface area contributed by atoms with Crippen LogP contribution < -0.4 is 5.32 Å². The smallest absolute Gasteiger partial charge is 0.254 e. The summed E-state index contributed by atoms with van der Waals surface area (Å²) in [6.45, 7) is 1.17. The number of piperidine rings is 1. The Bertz CT molecular complexity index is 836. The Morgan fingerprint density at radius 1 is 1.08 bits per heavy atom. The number of likely N-dealkylation sites (tertiary alicyclic amines) is 1. The van der Waals surface area contributed by atoms with E-state index in [1.807, 2.05) is 6.07 Å². The molecule has 2 atom stereocenters. The zero-order chi connectivity index (χ0) is 17.4. The van der Waals surface area contributed by atoms with Crippen LogP contribution in [0.4, 0.5) is 4.39 Å². The van der Waals surface area contributed by atoms with Crippen molar-refractivity contribution in [1.29, 1.82) is 0 Å². The molecule has 128 valence electrons. The number of amides is 2. The molecule has 25 heavy (non-hydrogen) atoms. The SMILES string of the molecule is O=C1C[C@@H]2CN(C(=O)c3ccccc3-c3ccccc3F)CC[C@@H]2N1. The number of carbonyl (C=O) groups is 2. The van der Waals surface area contributed by atoms with Crippen molar-refractivity contribution in [2.75, 3.05) is 13.1 Å². The zero-order valence-electron chi connectivity index (χ0n) is 13.7. The average Bonchev–Trinajstić information content (AvgIpc) is 3.00. The second kappa shape index (κ2) is 6.31. The summed E-state index contributed by atoms with van der Waals surface area (Å²) in [6, 6.07) is 13.8. The number of rotatable bonds is 2. The van der Waals surface area contributed by atoms with E-state index >= 15 is 0 Å². The molecular formula is C20H19FN2O2. The minimum atomic E-state index is -0.341. The Kier molecular flexibility index (Phi) is 3.99. The van der Waals surface area contributed by atoms with Crippen LogP contribution in [0.3, 0.4) is 0 Å². The highest BCUT2D eigenvalue weighted by atomic mass is 19.1. The van der Waals surface area contributed by atoms with Gasteiger partial charge in [0.05, 0.1) is 0 Å². The molecule has 1 N–H and O–H groups in total. The van der Waals surface area contributed by atoms with Gasteiger partial charge in [0.2, 0.25) is 5.91 Å². The van der Waals surface area contributed by atoms with E-state index in [9.17, 15) is 14.0 Å². The third kappa shape index (κ3) is 2.90. The van der Waals surface area contributed by atoms with Crippen molar-refractivity contribution < 1.29 is 14.0 Å². The summed E-state index contributed by atoms with van der Waals surface area (Å²) in [6.07, 6.45) is 1.24. The van der Waals surface area contributed by atoms with E-state index in [0.717, 1.165) is 6.42 Å². The maximum absolute atomic E-state index is 14.2. The minimum Gasteiger partial charge on any atom is -0.353 e. The first-order chi connectivity index (χ1) is 12.1. The maximum atomic E-state index is 14.2. The lowest BCUT2D eigenvalue weighted by atomic mass is 9.92. The van der Waals surface area contributed by atoms with Crippen molar-refractivity contribution in [1.82, 2.24) is 10.2 Å². The van der Waals surface area contributed by atoms with Crippen LogP contribution in [-0.4, -0.2) is 35.8 Å². The molecule has 2 fully saturated rings. The molecule has 2 heterocycles. The molecule has 2 saturated heterocycles. The Morgan fingerprint density at radius 3 is 2.60 bits per heavy atom. The van der Waals surface area contributed by atoms with Gasteiger partial charge in [-0.1, -0.05) is 36.4 Å². The Labute approximate surface area is 145 Å². The number of benzene rings is 2. The van der Waals surface area contributed by atoms with Gasteiger partial charge in [0.15, 0.2) is 0 Å². The minimum absolute atomic E-state index is 0.0658. The molecule has 2 aliphatic heterocycles. The highest BCUT2D eigenvalue weighted by Gasteiger charge is 2.38. The fourth-order valence-corrected chi connectivity index (χ4v) is 3.87. The molecule has 2 amide bonds. The van der Waals surface area contributed by atoms with Crippen molar-refractivity contribution in [2.24, 2.45) is 5.92 Å². The van der Waals surface area contributed by atoms with Gasteiger partial charge in [-0.25, -0.2) is 4.39 Å². The lowest BCUT2D eigenvalue weighted by molar-refractivity contribution is -0.119. The molecule has 0 saturated carbocycles. The lowest BCUT2D eigenvalue weighted by Crippen LogP contribution is -2.47. The molecule has 4 nitrogen and oxygen atoms in total. The number of fused-ring (bicyclic) bond motifs is 1. The topological polar surface area (TPSA) is 49.4 Å². The number of nitrogens with zero attached hydrogens (tertiary/aromatic N) is 1. The maximum Gasteiger partial charge on any atom is 0.254 e. The van der Waals surface area contributed by atoms with E-state index in [-0.39, 0.29) is 29.6 Å². The summed E-state index contributed by atoms with van der Waals surface area (Å²) in [7, 11) is 0. The van der Waals surface area contributed by atoms with Crippen LogP contribution in [0.2, 0.25) is 0 Å². The van der Waals surface area contributed by atoms with Crippen molar-refractivity contribution in [3.8, 4) is 11.1 Å². The van der Waals surface area contributed by atoms with Gasteiger partial charge >= 0.3 is 0 Å². The fraction of sp³-hybridized carbons (Fsp3) is 0.300. The van der Waals surface area contributed by atoms with Gasteiger partial charge < -0.3 is 10.2 Å². The van der Waals surface area contributed by atoms with Crippen molar-refractivity contribution in [3.63, 3.8) is 0 Å². The van der Waals surface area contributed by atoms with Gasteiger partial charge in [0.1, 0.15) is 5.82 Å². The Morgan fingerprint density at radius 2 is 1.80 bits per heavy atom. The van der Waals surface area contributed by atoms with Crippen LogP contribution in [-0.2, 0) is 4.79 Å². The summed E-state index contributed by atoms with van der Waals surface area (Å²) in [5.41, 5.74) is 1.54. The molecule has 0 bridgehead atoms. The molecule has 2 aromatic rings. The average molecular weight is 338 g/mol. The molecule has 2 aliphatic rings. The molecule has 0 spiro atoms. The van der Waals surface area contributed by atoms with E-state index in [1.165, 1.54) is 6.07 Å². The van der Waals surface area contributed by atoms with Crippen LogP contribution >= 0.6 is 0 Å². The number of carbonyl (C=O) groups excluding carboxylic acids is 2. The van der Waals surface area contributed by atoms with Gasteiger partial charge in [-0.15, -0.1) is 0 Å². The van der Waals surface area contributed by atoms with Crippen molar-refractivity contribution in [2.45, 2.75) is 18.9 Å². The zero-order valence-corrected chi connectivity index (χ0v) is 13.7. The van der Waals surface area contributed by atoms with Gasteiger partial charge in [-0.05, 0) is 24.1 Å².